The second-order valence-corrected chi connectivity index (χ2v) is 8.36. The Hall–Kier alpha value is -3.62. The molecule has 0 unspecified atom stereocenters. The third-order valence-electron chi connectivity index (χ3n) is 4.63. The number of hydrazone groups is 1. The highest BCUT2D eigenvalue weighted by Crippen LogP contribution is 2.24. The number of carbonyl (C=O) groups is 1. The van der Waals surface area contributed by atoms with Crippen LogP contribution in [0.5, 0.6) is 11.5 Å². The van der Waals surface area contributed by atoms with Crippen molar-refractivity contribution < 1.29 is 14.6 Å². The van der Waals surface area contributed by atoms with Crippen LogP contribution in [0.1, 0.15) is 21.6 Å². The molecule has 0 aliphatic carbocycles. The summed E-state index contributed by atoms with van der Waals surface area (Å²) in [5.74, 6) is 0.266. The quantitative estimate of drug-likeness (QED) is 0.218. The van der Waals surface area contributed by atoms with E-state index in [1.54, 1.807) is 18.2 Å². The monoisotopic (exact) mass is 524 g/mol. The van der Waals surface area contributed by atoms with Gasteiger partial charge in [0.1, 0.15) is 23.8 Å². The van der Waals surface area contributed by atoms with Gasteiger partial charge in [-0.1, -0.05) is 51.8 Å². The van der Waals surface area contributed by atoms with Crippen molar-refractivity contribution in [2.24, 2.45) is 5.10 Å². The number of halogens is 2. The van der Waals surface area contributed by atoms with Crippen molar-refractivity contribution in [2.45, 2.75) is 6.61 Å². The maximum absolute atomic E-state index is 12.4. The summed E-state index contributed by atoms with van der Waals surface area (Å²) in [6.07, 6.45) is 1.36. The van der Waals surface area contributed by atoms with Gasteiger partial charge in [-0.3, -0.25) is 9.89 Å². The van der Waals surface area contributed by atoms with E-state index < -0.39 is 5.91 Å². The lowest BCUT2D eigenvalue weighted by Gasteiger charge is -2.07. The van der Waals surface area contributed by atoms with Crippen LogP contribution >= 0.6 is 27.5 Å². The molecule has 0 spiro atoms. The van der Waals surface area contributed by atoms with E-state index in [-0.39, 0.29) is 11.4 Å². The molecule has 1 heterocycles. The summed E-state index contributed by atoms with van der Waals surface area (Å²) >= 11 is 9.23. The van der Waals surface area contributed by atoms with Gasteiger partial charge in [-0.15, -0.1) is 0 Å². The molecule has 0 aliphatic heterocycles. The van der Waals surface area contributed by atoms with Gasteiger partial charge >= 0.3 is 0 Å². The second-order valence-electron chi connectivity index (χ2n) is 7.01. The molecule has 0 bridgehead atoms. The fourth-order valence-corrected chi connectivity index (χ4v) is 3.43. The molecule has 3 aromatic carbocycles. The van der Waals surface area contributed by atoms with Crippen LogP contribution in [0.4, 0.5) is 0 Å². The number of phenols is 1. The number of aromatic nitrogens is 2. The first-order valence-corrected chi connectivity index (χ1v) is 11.0. The standard InChI is InChI=1S/C24H18BrClN4O3/c25-18-6-9-23(31)17(10-18)13-27-30-24(32)22-12-21(28-29-22)16-2-1-3-20(11-16)33-14-15-4-7-19(26)8-5-15/h1-13,31H,14H2,(H,28,29)(H,30,32). The molecule has 4 rings (SSSR count). The van der Waals surface area contributed by atoms with Gasteiger partial charge in [0.25, 0.3) is 5.91 Å². The average molecular weight is 526 g/mol. The zero-order valence-corrected chi connectivity index (χ0v) is 19.5. The number of rotatable bonds is 7. The van der Waals surface area contributed by atoms with Gasteiger partial charge in [0.15, 0.2) is 0 Å². The zero-order valence-electron chi connectivity index (χ0n) is 17.1. The van der Waals surface area contributed by atoms with E-state index in [1.807, 2.05) is 48.5 Å². The number of phenolic OH excluding ortho intramolecular Hbond substituents is 1. The van der Waals surface area contributed by atoms with Gasteiger partial charge in [0.2, 0.25) is 0 Å². The third kappa shape index (κ3) is 6.00. The Bertz CT molecular complexity index is 1310. The van der Waals surface area contributed by atoms with Crippen molar-refractivity contribution in [1.82, 2.24) is 15.6 Å². The minimum atomic E-state index is -0.463. The van der Waals surface area contributed by atoms with E-state index >= 15 is 0 Å². The molecule has 0 fully saturated rings. The fourth-order valence-electron chi connectivity index (χ4n) is 2.93. The van der Waals surface area contributed by atoms with Gasteiger partial charge in [-0.25, -0.2) is 5.43 Å². The van der Waals surface area contributed by atoms with Gasteiger partial charge in [-0.05, 0) is 54.1 Å². The number of nitrogens with one attached hydrogen (secondary N) is 2. The molecule has 0 saturated heterocycles. The zero-order chi connectivity index (χ0) is 23.2. The third-order valence-corrected chi connectivity index (χ3v) is 5.38. The molecule has 1 aromatic heterocycles. The van der Waals surface area contributed by atoms with Crippen LogP contribution < -0.4 is 10.2 Å². The predicted octanol–water partition coefficient (Wildman–Crippen LogP) is 5.54. The molecule has 3 N–H and O–H groups in total. The van der Waals surface area contributed by atoms with E-state index in [9.17, 15) is 9.90 Å². The summed E-state index contributed by atoms with van der Waals surface area (Å²) in [6.45, 7) is 0.403. The summed E-state index contributed by atoms with van der Waals surface area (Å²) in [5, 5.41) is 21.3. The molecule has 33 heavy (non-hydrogen) atoms. The Balaban J connectivity index is 1.39. The highest BCUT2D eigenvalue weighted by molar-refractivity contribution is 9.10. The molecule has 1 amide bonds. The number of carbonyl (C=O) groups excluding carboxylic acids is 1. The highest BCUT2D eigenvalue weighted by Gasteiger charge is 2.11. The Kier molecular flexibility index (Phi) is 7.07. The first kappa shape index (κ1) is 22.6. The molecular weight excluding hydrogens is 508 g/mol. The molecule has 0 saturated carbocycles. The van der Waals surface area contributed by atoms with Crippen LogP contribution in [0.2, 0.25) is 5.02 Å². The van der Waals surface area contributed by atoms with Crippen molar-refractivity contribution in [1.29, 1.82) is 0 Å². The Labute approximate surface area is 203 Å². The molecule has 0 atom stereocenters. The Morgan fingerprint density at radius 2 is 1.97 bits per heavy atom. The normalized spacial score (nSPS) is 11.0. The van der Waals surface area contributed by atoms with E-state index in [1.165, 1.54) is 12.3 Å². The number of hydrogen-bond acceptors (Lipinski definition) is 5. The van der Waals surface area contributed by atoms with Crippen LogP contribution in [-0.4, -0.2) is 27.4 Å². The summed E-state index contributed by atoms with van der Waals surface area (Å²) in [5.41, 5.74) is 5.50. The first-order valence-electron chi connectivity index (χ1n) is 9.83. The van der Waals surface area contributed by atoms with Crippen molar-refractivity contribution in [2.75, 3.05) is 0 Å². The second kappa shape index (κ2) is 10.3. The summed E-state index contributed by atoms with van der Waals surface area (Å²) in [4.78, 5) is 12.4. The largest absolute Gasteiger partial charge is 0.507 e. The average Bonchev–Trinajstić information content (AvgIpc) is 3.32. The lowest BCUT2D eigenvalue weighted by atomic mass is 10.1. The van der Waals surface area contributed by atoms with Gasteiger partial charge in [0, 0.05) is 20.6 Å². The van der Waals surface area contributed by atoms with E-state index in [0.29, 0.717) is 28.6 Å². The van der Waals surface area contributed by atoms with Gasteiger partial charge in [-0.2, -0.15) is 10.2 Å². The highest BCUT2D eigenvalue weighted by atomic mass is 79.9. The van der Waals surface area contributed by atoms with Crippen molar-refractivity contribution >= 4 is 39.7 Å². The molecule has 4 aromatic rings. The van der Waals surface area contributed by atoms with Crippen LogP contribution in [0, 0.1) is 0 Å². The smallest absolute Gasteiger partial charge is 0.289 e. The number of benzene rings is 3. The van der Waals surface area contributed by atoms with E-state index in [2.05, 4.69) is 36.7 Å². The lowest BCUT2D eigenvalue weighted by Crippen LogP contribution is -2.18. The molecule has 0 radical (unpaired) electrons. The van der Waals surface area contributed by atoms with Crippen molar-refractivity contribution in [3.8, 4) is 22.8 Å². The van der Waals surface area contributed by atoms with E-state index in [4.69, 9.17) is 16.3 Å². The topological polar surface area (TPSA) is 99.6 Å². The van der Waals surface area contributed by atoms with E-state index in [0.717, 1.165) is 15.6 Å². The number of amides is 1. The minimum Gasteiger partial charge on any atom is -0.507 e. The lowest BCUT2D eigenvalue weighted by molar-refractivity contribution is 0.0950. The molecule has 166 valence electrons. The minimum absolute atomic E-state index is 0.0539. The summed E-state index contributed by atoms with van der Waals surface area (Å²) < 4.78 is 6.64. The van der Waals surface area contributed by atoms with Crippen LogP contribution in [0.3, 0.4) is 0 Å². The fraction of sp³-hybridized carbons (Fsp3) is 0.0417. The SMILES string of the molecule is O=C(NN=Cc1cc(Br)ccc1O)c1cc(-c2cccc(OCc3ccc(Cl)cc3)c2)n[nH]1. The Morgan fingerprint density at radius 1 is 1.15 bits per heavy atom. The predicted molar refractivity (Wildman–Crippen MR) is 131 cm³/mol. The molecular formula is C24H18BrClN4O3. The van der Waals surface area contributed by atoms with Crippen LogP contribution in [-0.2, 0) is 6.61 Å². The van der Waals surface area contributed by atoms with Crippen molar-refractivity contribution in [3.05, 3.63) is 99.1 Å². The van der Waals surface area contributed by atoms with Crippen LogP contribution in [0.15, 0.2) is 82.4 Å². The molecule has 0 aliphatic rings. The first-order chi connectivity index (χ1) is 16.0. The van der Waals surface area contributed by atoms with Crippen LogP contribution in [0.25, 0.3) is 11.3 Å². The number of aromatic amines is 1. The Morgan fingerprint density at radius 3 is 2.79 bits per heavy atom. The maximum atomic E-state index is 12.4. The number of ether oxygens (including phenoxy) is 1. The maximum Gasteiger partial charge on any atom is 0.289 e. The van der Waals surface area contributed by atoms with Gasteiger partial charge < -0.3 is 9.84 Å². The number of nitrogens with zero attached hydrogens (tertiary/aromatic N) is 2. The van der Waals surface area contributed by atoms with Gasteiger partial charge in [0.05, 0.1) is 11.9 Å². The number of aromatic hydroxyl groups is 1. The molecule has 7 nitrogen and oxygen atoms in total. The number of H-pyrrole nitrogens is 1. The summed E-state index contributed by atoms with van der Waals surface area (Å²) in [7, 11) is 0. The van der Waals surface area contributed by atoms with Crippen molar-refractivity contribution in [3.63, 3.8) is 0 Å². The molecule has 9 heteroatoms. The summed E-state index contributed by atoms with van der Waals surface area (Å²) in [6, 6.07) is 21.4. The number of hydrogen-bond donors (Lipinski definition) is 3.